The summed E-state index contributed by atoms with van der Waals surface area (Å²) >= 11 is 0. The van der Waals surface area contributed by atoms with Gasteiger partial charge in [0.05, 0.1) is 11.4 Å². The van der Waals surface area contributed by atoms with Gasteiger partial charge in [0.2, 0.25) is 0 Å². The maximum absolute atomic E-state index is 8.00. The van der Waals surface area contributed by atoms with Gasteiger partial charge in [-0.2, -0.15) is 0 Å². The molecule has 0 amide bonds. The van der Waals surface area contributed by atoms with Crippen molar-refractivity contribution < 1.29 is 8.83 Å². The third-order valence-electron chi connectivity index (χ3n) is 20.7. The molecule has 6 heteroatoms. The molecule has 5 nitrogen and oxygen atoms in total. The second-order valence-electron chi connectivity index (χ2n) is 28.2. The molecule has 2 aromatic heterocycles. The van der Waals surface area contributed by atoms with Crippen LogP contribution in [0.4, 0.5) is 45.5 Å². The maximum atomic E-state index is 8.00. The topological polar surface area (TPSA) is 36.0 Å². The van der Waals surface area contributed by atoms with E-state index in [1.165, 1.54) is 62.8 Å². The molecule has 9 aromatic carbocycles. The van der Waals surface area contributed by atoms with Gasteiger partial charge in [0.15, 0.2) is 0 Å². The van der Waals surface area contributed by atoms with Crippen LogP contribution in [-0.4, -0.2) is 6.85 Å². The zero-order chi connectivity index (χ0) is 59.0. The molecular weight excluding hydrogens is 1050 g/mol. The lowest BCUT2D eigenvalue weighted by atomic mass is 9.45. The molecule has 86 heavy (non-hydrogen) atoms. The van der Waals surface area contributed by atoms with E-state index in [4.69, 9.17) is 8.83 Å². The fourth-order valence-corrected chi connectivity index (χ4v) is 15.5. The molecule has 0 N–H and O–H groups in total. The molecule has 0 atom stereocenters. The van der Waals surface area contributed by atoms with Crippen LogP contribution >= 0.6 is 0 Å². The largest absolute Gasteiger partial charge is 0.466 e. The summed E-state index contributed by atoms with van der Waals surface area (Å²) in [4.78, 5) is 7.77. The van der Waals surface area contributed by atoms with Crippen LogP contribution in [0.2, 0.25) is 0 Å². The number of hydrogen-bond donors (Lipinski definition) is 0. The summed E-state index contributed by atoms with van der Waals surface area (Å²) < 4.78 is 15.4. The van der Waals surface area contributed by atoms with Crippen LogP contribution in [0.1, 0.15) is 154 Å². The molecule has 4 aliphatic rings. The third-order valence-corrected chi connectivity index (χ3v) is 20.7. The molecule has 15 rings (SSSR count). The average molecular weight is 1130 g/mol. The van der Waals surface area contributed by atoms with Crippen LogP contribution in [-0.2, 0) is 34.5 Å². The van der Waals surface area contributed by atoms with Crippen molar-refractivity contribution >= 4 is 96.4 Å². The molecule has 0 fully saturated rings. The molecule has 0 unspecified atom stereocenters. The molecule has 430 valence electrons. The SMILES string of the molecule is CCCCc1ccc(N(c2ccccc2)c2ccc3c(c2)N(c2ccc4c(c2)C(C)(C)CCC4(C)C)B2c4oc5cc6c(cc5c4N(c4ccc(CCCC)cc4-c4ccccc4)c4cc5c(oc7ccccc75)c-3c42)C(C)(C)CCC6(C)C)cc1. The zero-order valence-electron chi connectivity index (χ0n) is 52.1. The maximum Gasteiger partial charge on any atom is 0.376 e. The second kappa shape index (κ2) is 20.2. The summed E-state index contributed by atoms with van der Waals surface area (Å²) in [5, 5.41) is 3.36. The normalized spacial score (nSPS) is 16.7. The van der Waals surface area contributed by atoms with E-state index >= 15 is 0 Å². The first-order valence-electron chi connectivity index (χ1n) is 32.1. The number of aryl methyl sites for hydroxylation is 2. The number of para-hydroxylation sites is 2. The summed E-state index contributed by atoms with van der Waals surface area (Å²) in [7, 11) is 0. The number of hydrogen-bond acceptors (Lipinski definition) is 5. The van der Waals surface area contributed by atoms with Gasteiger partial charge in [-0.1, -0.05) is 179 Å². The van der Waals surface area contributed by atoms with Crippen LogP contribution in [0.3, 0.4) is 0 Å². The summed E-state index contributed by atoms with van der Waals surface area (Å²) in [6, 6.07) is 69.5. The number of furan rings is 2. The first kappa shape index (κ1) is 54.4. The Hall–Kier alpha value is -8.22. The van der Waals surface area contributed by atoms with Crippen LogP contribution in [0, 0.1) is 0 Å². The van der Waals surface area contributed by atoms with Gasteiger partial charge in [0.1, 0.15) is 22.4 Å². The Morgan fingerprint density at radius 3 is 1.77 bits per heavy atom. The van der Waals surface area contributed by atoms with Crippen LogP contribution in [0.15, 0.2) is 191 Å². The van der Waals surface area contributed by atoms with Crippen molar-refractivity contribution in [2.45, 2.75) is 155 Å². The lowest BCUT2D eigenvalue weighted by Crippen LogP contribution is -2.61. The lowest BCUT2D eigenvalue weighted by molar-refractivity contribution is 0.332. The van der Waals surface area contributed by atoms with Crippen molar-refractivity contribution in [3.63, 3.8) is 0 Å². The van der Waals surface area contributed by atoms with Gasteiger partial charge in [0.25, 0.3) is 0 Å². The average Bonchev–Trinajstić information content (AvgIpc) is 1.32. The predicted octanol–water partition coefficient (Wildman–Crippen LogP) is 21.6. The van der Waals surface area contributed by atoms with Gasteiger partial charge in [-0.3, -0.25) is 0 Å². The van der Waals surface area contributed by atoms with Gasteiger partial charge >= 0.3 is 6.85 Å². The number of benzene rings is 9. The highest BCUT2D eigenvalue weighted by molar-refractivity contribution is 6.93. The van der Waals surface area contributed by atoms with Crippen molar-refractivity contribution in [2.24, 2.45) is 0 Å². The van der Waals surface area contributed by atoms with E-state index in [0.717, 1.165) is 147 Å². The smallest absolute Gasteiger partial charge is 0.376 e. The van der Waals surface area contributed by atoms with Gasteiger partial charge in [-0.25, -0.2) is 0 Å². The Labute approximate surface area is 509 Å². The zero-order valence-corrected chi connectivity index (χ0v) is 52.1. The second-order valence-corrected chi connectivity index (χ2v) is 28.2. The molecule has 0 bridgehead atoms. The number of anilines is 8. The van der Waals surface area contributed by atoms with Gasteiger partial charge in [-0.05, 0) is 202 Å². The first-order valence-corrected chi connectivity index (χ1v) is 32.1. The number of nitrogens with zero attached hydrogens (tertiary/aromatic N) is 3. The minimum Gasteiger partial charge on any atom is -0.466 e. The fraction of sp³-hybridized carbons (Fsp3) is 0.300. The Bertz CT molecular complexity index is 4470. The molecular formula is C80H80BN3O2. The lowest BCUT2D eigenvalue weighted by Gasteiger charge is -2.46. The first-order chi connectivity index (χ1) is 41.5. The van der Waals surface area contributed by atoms with Crippen LogP contribution in [0.25, 0.3) is 55.2 Å². The van der Waals surface area contributed by atoms with Crippen molar-refractivity contribution in [3.8, 4) is 22.3 Å². The van der Waals surface area contributed by atoms with E-state index in [2.05, 4.69) is 266 Å². The number of unbranched alkanes of at least 4 members (excludes halogenated alkanes) is 2. The third kappa shape index (κ3) is 8.62. The van der Waals surface area contributed by atoms with E-state index in [0.29, 0.717) is 0 Å². The summed E-state index contributed by atoms with van der Waals surface area (Å²) in [6.45, 7) is 23.7. The molecule has 2 aliphatic carbocycles. The minimum absolute atomic E-state index is 0.0289. The van der Waals surface area contributed by atoms with Crippen molar-refractivity contribution in [3.05, 3.63) is 215 Å². The Kier molecular flexibility index (Phi) is 12.8. The molecule has 4 heterocycles. The summed E-state index contributed by atoms with van der Waals surface area (Å²) in [5.41, 5.74) is 26.7. The van der Waals surface area contributed by atoms with Crippen molar-refractivity contribution in [1.29, 1.82) is 0 Å². The highest BCUT2D eigenvalue weighted by Crippen LogP contribution is 2.57. The van der Waals surface area contributed by atoms with E-state index in [-0.39, 0.29) is 21.7 Å². The van der Waals surface area contributed by atoms with E-state index in [1.807, 2.05) is 0 Å². The van der Waals surface area contributed by atoms with Crippen molar-refractivity contribution in [1.82, 2.24) is 0 Å². The van der Waals surface area contributed by atoms with Crippen LogP contribution in [0.5, 0.6) is 0 Å². The van der Waals surface area contributed by atoms with E-state index in [9.17, 15) is 0 Å². The minimum atomic E-state index is -0.415. The molecule has 0 saturated carbocycles. The number of fused-ring (bicyclic) bond motifs is 12. The molecule has 0 radical (unpaired) electrons. The van der Waals surface area contributed by atoms with Gasteiger partial charge in [0, 0.05) is 67.0 Å². The van der Waals surface area contributed by atoms with E-state index < -0.39 is 6.85 Å². The quantitative estimate of drug-likeness (QED) is 0.114. The van der Waals surface area contributed by atoms with Crippen molar-refractivity contribution in [2.75, 3.05) is 14.6 Å². The Morgan fingerprint density at radius 1 is 0.453 bits per heavy atom. The Balaban J connectivity index is 1.10. The van der Waals surface area contributed by atoms with Crippen LogP contribution < -0.4 is 25.7 Å². The van der Waals surface area contributed by atoms with Gasteiger partial charge in [-0.15, -0.1) is 0 Å². The molecule has 0 saturated heterocycles. The summed E-state index contributed by atoms with van der Waals surface area (Å²) in [5.74, 6) is 0. The standard InChI is InChI=1S/C80H80BN3O2/c1-11-13-23-51-31-34-55(35-32-51)82(54-27-19-16-20-28-54)56-36-38-59-68(47-56)84(57-37-39-63-64(46-57)78(5,6)42-41-77(63,3)4)81-73-69(49-61-58-29-21-22-30-70(58)85-75(61)72(59)73)83(67-40-33-52(24-14-12-2)45-60(67)53-25-17-15-18-26-53)74-62-48-65-66(50-71(62)86-76(74)81)80(9,10)44-43-79(65,7)8/h15-22,25-40,45-50H,11-14,23-24,41-44H2,1-10H3. The monoisotopic (exact) mass is 1130 g/mol. The highest BCUT2D eigenvalue weighted by atomic mass is 16.3. The van der Waals surface area contributed by atoms with E-state index in [1.54, 1.807) is 0 Å². The molecule has 0 spiro atoms. The van der Waals surface area contributed by atoms with Gasteiger partial charge < -0.3 is 23.4 Å². The fourth-order valence-electron chi connectivity index (χ4n) is 15.5. The molecule has 2 aliphatic heterocycles. The Morgan fingerprint density at radius 2 is 1.06 bits per heavy atom. The predicted molar refractivity (Wildman–Crippen MR) is 365 cm³/mol. The molecule has 11 aromatic rings. The summed E-state index contributed by atoms with van der Waals surface area (Å²) in [6.07, 6.45) is 11.2. The highest BCUT2D eigenvalue weighted by Gasteiger charge is 2.51. The number of rotatable bonds is 12.